The van der Waals surface area contributed by atoms with Crippen molar-refractivity contribution in [1.82, 2.24) is 15.2 Å². The highest BCUT2D eigenvalue weighted by Gasteiger charge is 2.23. The number of anilines is 3. The minimum Gasteiger partial charge on any atom is -0.480 e. The van der Waals surface area contributed by atoms with Gasteiger partial charge in [-0.25, -0.2) is 9.78 Å². The van der Waals surface area contributed by atoms with Crippen molar-refractivity contribution in [3.8, 4) is 16.5 Å². The number of halogens is 1. The monoisotopic (exact) mass is 468 g/mol. The van der Waals surface area contributed by atoms with Crippen LogP contribution in [0.1, 0.15) is 28.4 Å². The van der Waals surface area contributed by atoms with Gasteiger partial charge >= 0.3 is 5.97 Å². The van der Waals surface area contributed by atoms with Gasteiger partial charge in [-0.2, -0.15) is 5.10 Å². The molecule has 2 heterocycles. The number of aromatic amines is 1. The second-order valence-electron chi connectivity index (χ2n) is 7.09. The van der Waals surface area contributed by atoms with Gasteiger partial charge in [-0.05, 0) is 54.8 Å². The van der Waals surface area contributed by atoms with Crippen LogP contribution < -0.4 is 9.64 Å². The highest BCUT2D eigenvalue weighted by atomic mass is 35.5. The number of aryl methyl sites for hydroxylation is 2. The summed E-state index contributed by atoms with van der Waals surface area (Å²) >= 11 is 7.62. The van der Waals surface area contributed by atoms with Crippen LogP contribution in [0.15, 0.2) is 48.0 Å². The Balaban J connectivity index is 1.93. The first kappa shape index (κ1) is 21.9. The van der Waals surface area contributed by atoms with Gasteiger partial charge in [0.2, 0.25) is 5.88 Å². The fourth-order valence-electron chi connectivity index (χ4n) is 3.59. The zero-order valence-electron chi connectivity index (χ0n) is 17.7. The van der Waals surface area contributed by atoms with Gasteiger partial charge in [-0.15, -0.1) is 11.3 Å². The molecule has 2 aromatic carbocycles. The third-order valence-corrected chi connectivity index (χ3v) is 6.21. The minimum atomic E-state index is -1.06. The smallest absolute Gasteiger partial charge is 0.337 e. The molecule has 0 aliphatic carbocycles. The molecule has 164 valence electrons. The van der Waals surface area contributed by atoms with Crippen molar-refractivity contribution < 1.29 is 14.6 Å². The number of nitrogens with zero attached hydrogens (tertiary/aromatic N) is 3. The number of thiazole rings is 1. The van der Waals surface area contributed by atoms with E-state index in [-0.39, 0.29) is 5.56 Å². The highest BCUT2D eigenvalue weighted by Crippen LogP contribution is 2.41. The maximum Gasteiger partial charge on any atom is 0.337 e. The maximum atomic E-state index is 12.0. The molecular weight excluding hydrogens is 448 g/mol. The standard InChI is InChI=1S/C23H21ClN4O3S/c1-4-14-10-19(13(2)9-16(14)22-26-21(31-3)12-32-22)28(20-7-8-25-27-20)18-6-5-15(24)11-17(18)23(29)30/h5-12H,4H2,1-3H3,(H,25,27)(H,29,30). The van der Waals surface area contributed by atoms with Crippen molar-refractivity contribution >= 4 is 46.1 Å². The van der Waals surface area contributed by atoms with Crippen LogP contribution in [-0.4, -0.2) is 33.4 Å². The Kier molecular flexibility index (Phi) is 6.16. The molecule has 0 aliphatic heterocycles. The zero-order valence-corrected chi connectivity index (χ0v) is 19.3. The third kappa shape index (κ3) is 4.06. The van der Waals surface area contributed by atoms with Gasteiger partial charge in [0.15, 0.2) is 0 Å². The van der Waals surface area contributed by atoms with Crippen LogP contribution in [0.2, 0.25) is 5.02 Å². The van der Waals surface area contributed by atoms with Gasteiger partial charge in [0, 0.05) is 16.7 Å². The topological polar surface area (TPSA) is 91.3 Å². The Morgan fingerprint density at radius 3 is 2.69 bits per heavy atom. The molecule has 32 heavy (non-hydrogen) atoms. The Morgan fingerprint density at radius 1 is 1.25 bits per heavy atom. The summed E-state index contributed by atoms with van der Waals surface area (Å²) in [6, 6.07) is 10.8. The predicted octanol–water partition coefficient (Wildman–Crippen LogP) is 6.23. The van der Waals surface area contributed by atoms with Gasteiger partial charge < -0.3 is 9.84 Å². The summed E-state index contributed by atoms with van der Waals surface area (Å²) in [5, 5.41) is 20.0. The van der Waals surface area contributed by atoms with E-state index in [1.807, 2.05) is 17.2 Å². The van der Waals surface area contributed by atoms with Crippen molar-refractivity contribution in [3.05, 3.63) is 69.7 Å². The first-order chi connectivity index (χ1) is 15.4. The minimum absolute atomic E-state index is 0.0956. The quantitative estimate of drug-likeness (QED) is 0.334. The van der Waals surface area contributed by atoms with Gasteiger partial charge in [-0.3, -0.25) is 10.00 Å². The first-order valence-electron chi connectivity index (χ1n) is 9.88. The molecule has 0 bridgehead atoms. The summed E-state index contributed by atoms with van der Waals surface area (Å²) in [6.45, 7) is 4.07. The third-order valence-electron chi connectivity index (χ3n) is 5.12. The Morgan fingerprint density at radius 2 is 2.06 bits per heavy atom. The molecule has 7 nitrogen and oxygen atoms in total. The largest absolute Gasteiger partial charge is 0.480 e. The van der Waals surface area contributed by atoms with Gasteiger partial charge in [0.25, 0.3) is 0 Å². The van der Waals surface area contributed by atoms with Gasteiger partial charge in [-0.1, -0.05) is 18.5 Å². The van der Waals surface area contributed by atoms with Crippen molar-refractivity contribution in [1.29, 1.82) is 0 Å². The average molecular weight is 469 g/mol. The van der Waals surface area contributed by atoms with Crippen LogP contribution in [0.3, 0.4) is 0 Å². The lowest BCUT2D eigenvalue weighted by Crippen LogP contribution is -2.16. The van der Waals surface area contributed by atoms with E-state index >= 15 is 0 Å². The molecule has 0 saturated carbocycles. The predicted molar refractivity (Wildman–Crippen MR) is 127 cm³/mol. The number of benzene rings is 2. The lowest BCUT2D eigenvalue weighted by atomic mass is 9.99. The molecule has 0 amide bonds. The number of hydrogen-bond acceptors (Lipinski definition) is 6. The number of methoxy groups -OCH3 is 1. The molecular formula is C23H21ClN4O3S. The summed E-state index contributed by atoms with van der Waals surface area (Å²) < 4.78 is 5.25. The van der Waals surface area contributed by atoms with E-state index in [9.17, 15) is 9.90 Å². The fraction of sp³-hybridized carbons (Fsp3) is 0.174. The van der Waals surface area contributed by atoms with Crippen LogP contribution in [0.25, 0.3) is 10.6 Å². The van der Waals surface area contributed by atoms with Gasteiger partial charge in [0.1, 0.15) is 10.8 Å². The van der Waals surface area contributed by atoms with Crippen LogP contribution in [0.5, 0.6) is 5.88 Å². The molecule has 2 N–H and O–H groups in total. The maximum absolute atomic E-state index is 12.0. The molecule has 0 saturated heterocycles. The summed E-state index contributed by atoms with van der Waals surface area (Å²) in [5.41, 5.74) is 4.48. The summed E-state index contributed by atoms with van der Waals surface area (Å²) in [6.07, 6.45) is 2.40. The van der Waals surface area contributed by atoms with E-state index in [4.69, 9.17) is 16.3 Å². The van der Waals surface area contributed by atoms with Crippen LogP contribution in [-0.2, 0) is 6.42 Å². The molecule has 9 heteroatoms. The van der Waals surface area contributed by atoms with Crippen LogP contribution >= 0.6 is 22.9 Å². The van der Waals surface area contributed by atoms with Crippen LogP contribution in [0, 0.1) is 6.92 Å². The van der Waals surface area contributed by atoms with E-state index < -0.39 is 5.97 Å². The molecule has 4 aromatic rings. The number of aromatic carboxylic acids is 1. The average Bonchev–Trinajstić information content (AvgIpc) is 3.48. The summed E-state index contributed by atoms with van der Waals surface area (Å²) in [7, 11) is 1.60. The lowest BCUT2D eigenvalue weighted by Gasteiger charge is -2.27. The van der Waals surface area contributed by atoms with Gasteiger partial charge in [0.05, 0.1) is 35.6 Å². The normalized spacial score (nSPS) is 10.9. The van der Waals surface area contributed by atoms with E-state index in [1.165, 1.54) is 17.4 Å². The Hall–Kier alpha value is -3.36. The van der Waals surface area contributed by atoms with E-state index in [2.05, 4.69) is 34.2 Å². The second kappa shape index (κ2) is 9.02. The molecule has 0 aliphatic rings. The lowest BCUT2D eigenvalue weighted by molar-refractivity contribution is 0.0697. The summed E-state index contributed by atoms with van der Waals surface area (Å²) in [5.74, 6) is 0.163. The number of carboxylic acid groups (broad SMARTS) is 1. The van der Waals surface area contributed by atoms with Crippen molar-refractivity contribution in [3.63, 3.8) is 0 Å². The number of rotatable bonds is 7. The van der Waals surface area contributed by atoms with Crippen molar-refractivity contribution in [2.24, 2.45) is 0 Å². The number of nitrogens with one attached hydrogen (secondary N) is 1. The highest BCUT2D eigenvalue weighted by molar-refractivity contribution is 7.13. The molecule has 0 unspecified atom stereocenters. The Labute approximate surface area is 194 Å². The van der Waals surface area contributed by atoms with Crippen molar-refractivity contribution in [2.75, 3.05) is 12.0 Å². The molecule has 0 fully saturated rings. The molecule has 0 radical (unpaired) electrons. The summed E-state index contributed by atoms with van der Waals surface area (Å²) in [4.78, 5) is 18.4. The van der Waals surface area contributed by atoms with E-state index in [0.717, 1.165) is 33.8 Å². The first-order valence-corrected chi connectivity index (χ1v) is 11.1. The van der Waals surface area contributed by atoms with Crippen molar-refractivity contribution in [2.45, 2.75) is 20.3 Å². The second-order valence-corrected chi connectivity index (χ2v) is 8.38. The molecule has 0 atom stereocenters. The molecule has 0 spiro atoms. The van der Waals surface area contributed by atoms with Crippen LogP contribution in [0.4, 0.5) is 17.2 Å². The fourth-order valence-corrected chi connectivity index (χ4v) is 4.58. The number of carboxylic acids is 1. The number of ether oxygens (including phenoxy) is 1. The number of H-pyrrole nitrogens is 1. The number of hydrogen-bond donors (Lipinski definition) is 2. The number of carbonyl (C=O) groups is 1. The van der Waals surface area contributed by atoms with E-state index in [1.54, 1.807) is 31.5 Å². The Bertz CT molecular complexity index is 1270. The molecule has 4 rings (SSSR count). The number of aromatic nitrogens is 3. The van der Waals surface area contributed by atoms with E-state index in [0.29, 0.717) is 22.4 Å². The SMILES string of the molecule is CCc1cc(N(c2ccn[nH]2)c2ccc(Cl)cc2C(=O)O)c(C)cc1-c1nc(OC)cs1. The zero-order chi connectivity index (χ0) is 22.8. The molecule has 2 aromatic heterocycles.